The molecule has 2 aromatic rings. The Bertz CT molecular complexity index is 594. The van der Waals surface area contributed by atoms with Gasteiger partial charge in [-0.05, 0) is 43.2 Å². The Balaban J connectivity index is 1.62. The van der Waals surface area contributed by atoms with Crippen molar-refractivity contribution in [2.75, 3.05) is 13.2 Å². The van der Waals surface area contributed by atoms with Gasteiger partial charge in [-0.3, -0.25) is 4.79 Å². The fourth-order valence-corrected chi connectivity index (χ4v) is 2.55. The summed E-state index contributed by atoms with van der Waals surface area (Å²) in [5.41, 5.74) is 0.559. The number of halogens is 1. The average Bonchev–Trinajstić information content (AvgIpc) is 3.17. The third-order valence-corrected chi connectivity index (χ3v) is 3.66. The summed E-state index contributed by atoms with van der Waals surface area (Å²) in [5.74, 6) is 0.285. The molecule has 0 radical (unpaired) electrons. The van der Waals surface area contributed by atoms with E-state index < -0.39 is 0 Å². The molecule has 1 fully saturated rings. The number of hydrogen-bond acceptors (Lipinski definition) is 3. The maximum atomic E-state index is 12.8. The first-order chi connectivity index (χ1) is 10.2. The van der Waals surface area contributed by atoms with E-state index in [2.05, 4.69) is 0 Å². The second-order valence-corrected chi connectivity index (χ2v) is 5.07. The Morgan fingerprint density at radius 3 is 2.86 bits per heavy atom. The molecule has 2 heterocycles. The van der Waals surface area contributed by atoms with Gasteiger partial charge >= 0.3 is 0 Å². The lowest BCUT2D eigenvalue weighted by molar-refractivity contribution is 0.0691. The fourth-order valence-electron chi connectivity index (χ4n) is 2.55. The second-order valence-electron chi connectivity index (χ2n) is 5.07. The van der Waals surface area contributed by atoms with E-state index in [9.17, 15) is 9.18 Å². The first kappa shape index (κ1) is 13.7. The van der Waals surface area contributed by atoms with Crippen LogP contribution >= 0.6 is 0 Å². The molecule has 1 saturated heterocycles. The number of amides is 1. The zero-order valence-corrected chi connectivity index (χ0v) is 11.5. The molecule has 1 aliphatic rings. The van der Waals surface area contributed by atoms with Gasteiger partial charge in [0.2, 0.25) is 0 Å². The summed E-state index contributed by atoms with van der Waals surface area (Å²) in [6.07, 6.45) is 4.82. The smallest absolute Gasteiger partial charge is 0.257 e. The zero-order valence-electron chi connectivity index (χ0n) is 11.5. The van der Waals surface area contributed by atoms with Crippen LogP contribution in [0.25, 0.3) is 0 Å². The van der Waals surface area contributed by atoms with Gasteiger partial charge in [0.15, 0.2) is 0 Å². The highest BCUT2D eigenvalue weighted by Gasteiger charge is 2.30. The van der Waals surface area contributed by atoms with Gasteiger partial charge in [0.05, 0.1) is 17.9 Å². The molecule has 0 N–H and O–H groups in total. The van der Waals surface area contributed by atoms with Gasteiger partial charge in [0.25, 0.3) is 5.91 Å². The van der Waals surface area contributed by atoms with E-state index in [0.717, 1.165) is 19.4 Å². The summed E-state index contributed by atoms with van der Waals surface area (Å²) in [6, 6.07) is 7.60. The van der Waals surface area contributed by atoms with Gasteiger partial charge in [-0.25, -0.2) is 4.39 Å². The summed E-state index contributed by atoms with van der Waals surface area (Å²) in [4.78, 5) is 14.1. The Labute approximate surface area is 122 Å². The molecule has 1 aromatic carbocycles. The molecule has 110 valence electrons. The largest absolute Gasteiger partial charge is 0.491 e. The van der Waals surface area contributed by atoms with Crippen molar-refractivity contribution in [2.24, 2.45) is 0 Å². The molecule has 0 bridgehead atoms. The fraction of sp³-hybridized carbons (Fsp3) is 0.312. The van der Waals surface area contributed by atoms with Crippen LogP contribution in [0.5, 0.6) is 5.75 Å². The number of nitrogens with zero attached hydrogens (tertiary/aromatic N) is 1. The van der Waals surface area contributed by atoms with Crippen LogP contribution in [0.15, 0.2) is 47.3 Å². The summed E-state index contributed by atoms with van der Waals surface area (Å²) in [6.45, 7) is 1.14. The number of likely N-dealkylation sites (tertiary alicyclic amines) is 1. The van der Waals surface area contributed by atoms with Gasteiger partial charge in [-0.15, -0.1) is 0 Å². The van der Waals surface area contributed by atoms with Crippen LogP contribution < -0.4 is 4.74 Å². The first-order valence-electron chi connectivity index (χ1n) is 6.95. The first-order valence-corrected chi connectivity index (χ1v) is 6.95. The minimum Gasteiger partial charge on any atom is -0.491 e. The standard InChI is InChI=1S/C16H16FNO3/c17-13-3-5-15(6-4-13)21-11-14-2-1-8-18(14)16(19)12-7-9-20-10-12/h3-7,9-10,14H,1-2,8,11H2/t14-/m1/s1. The van der Waals surface area contributed by atoms with Crippen LogP contribution in [0.1, 0.15) is 23.2 Å². The summed E-state index contributed by atoms with van der Waals surface area (Å²) >= 11 is 0. The van der Waals surface area contributed by atoms with Gasteiger partial charge < -0.3 is 14.1 Å². The van der Waals surface area contributed by atoms with Gasteiger partial charge in [-0.1, -0.05) is 0 Å². The van der Waals surface area contributed by atoms with Crippen molar-refractivity contribution in [2.45, 2.75) is 18.9 Å². The van der Waals surface area contributed by atoms with Crippen LogP contribution in [0.2, 0.25) is 0 Å². The maximum absolute atomic E-state index is 12.8. The summed E-state index contributed by atoms with van der Waals surface area (Å²) < 4.78 is 23.5. The van der Waals surface area contributed by atoms with Crippen molar-refractivity contribution in [3.8, 4) is 5.75 Å². The maximum Gasteiger partial charge on any atom is 0.257 e. The van der Waals surface area contributed by atoms with E-state index in [0.29, 0.717) is 17.9 Å². The molecule has 1 aromatic heterocycles. The molecule has 0 aliphatic carbocycles. The predicted octanol–water partition coefficient (Wildman–Crippen LogP) is 3.10. The van der Waals surface area contributed by atoms with Crippen molar-refractivity contribution in [1.82, 2.24) is 4.90 Å². The third kappa shape index (κ3) is 3.07. The van der Waals surface area contributed by atoms with Crippen LogP contribution in [0, 0.1) is 5.82 Å². The highest BCUT2D eigenvalue weighted by atomic mass is 19.1. The minimum atomic E-state index is -0.292. The Morgan fingerprint density at radius 2 is 2.14 bits per heavy atom. The highest BCUT2D eigenvalue weighted by molar-refractivity contribution is 5.94. The molecular weight excluding hydrogens is 273 g/mol. The molecule has 5 heteroatoms. The molecule has 0 saturated carbocycles. The quantitative estimate of drug-likeness (QED) is 0.868. The summed E-state index contributed by atoms with van der Waals surface area (Å²) in [7, 11) is 0. The number of carbonyl (C=O) groups excluding carboxylic acids is 1. The zero-order chi connectivity index (χ0) is 14.7. The summed E-state index contributed by atoms with van der Waals surface area (Å²) in [5, 5.41) is 0. The van der Waals surface area contributed by atoms with Gasteiger partial charge in [0.1, 0.15) is 24.4 Å². The van der Waals surface area contributed by atoms with Crippen LogP contribution in [-0.4, -0.2) is 30.0 Å². The molecule has 1 atom stereocenters. The Hall–Kier alpha value is -2.30. The molecule has 0 unspecified atom stereocenters. The van der Waals surface area contributed by atoms with Crippen LogP contribution in [0.3, 0.4) is 0 Å². The van der Waals surface area contributed by atoms with Crippen molar-refractivity contribution in [3.05, 3.63) is 54.2 Å². The van der Waals surface area contributed by atoms with Crippen molar-refractivity contribution >= 4 is 5.91 Å². The average molecular weight is 289 g/mol. The molecule has 0 spiro atoms. The van der Waals surface area contributed by atoms with Gasteiger partial charge in [-0.2, -0.15) is 0 Å². The SMILES string of the molecule is O=C(c1ccoc1)N1CCC[C@@H]1COc1ccc(F)cc1. The minimum absolute atomic E-state index is 0.0334. The molecule has 3 rings (SSSR count). The van der Waals surface area contributed by atoms with E-state index in [-0.39, 0.29) is 17.8 Å². The van der Waals surface area contributed by atoms with Gasteiger partial charge in [0, 0.05) is 6.54 Å². The van der Waals surface area contributed by atoms with E-state index in [4.69, 9.17) is 9.15 Å². The third-order valence-electron chi connectivity index (χ3n) is 3.66. The van der Waals surface area contributed by atoms with Crippen molar-refractivity contribution in [3.63, 3.8) is 0 Å². The topological polar surface area (TPSA) is 42.7 Å². The second kappa shape index (κ2) is 5.99. The van der Waals surface area contributed by atoms with Crippen LogP contribution in [0.4, 0.5) is 4.39 Å². The molecule has 1 amide bonds. The van der Waals surface area contributed by atoms with Crippen LogP contribution in [-0.2, 0) is 0 Å². The van der Waals surface area contributed by atoms with E-state index in [1.165, 1.54) is 24.7 Å². The Morgan fingerprint density at radius 1 is 1.33 bits per heavy atom. The van der Waals surface area contributed by atoms with E-state index in [1.54, 1.807) is 18.2 Å². The number of rotatable bonds is 4. The molecule has 21 heavy (non-hydrogen) atoms. The molecule has 4 nitrogen and oxygen atoms in total. The van der Waals surface area contributed by atoms with Crippen molar-refractivity contribution in [1.29, 1.82) is 0 Å². The van der Waals surface area contributed by atoms with E-state index in [1.807, 2.05) is 4.90 Å². The lowest BCUT2D eigenvalue weighted by Crippen LogP contribution is -2.38. The number of carbonyl (C=O) groups is 1. The predicted molar refractivity (Wildman–Crippen MR) is 74.7 cm³/mol. The molecular formula is C16H16FNO3. The number of benzene rings is 1. The molecule has 1 aliphatic heterocycles. The lowest BCUT2D eigenvalue weighted by Gasteiger charge is -2.24. The number of ether oxygens (including phenoxy) is 1. The van der Waals surface area contributed by atoms with E-state index >= 15 is 0 Å². The number of furan rings is 1. The Kier molecular flexibility index (Phi) is 3.90. The monoisotopic (exact) mass is 289 g/mol. The highest BCUT2D eigenvalue weighted by Crippen LogP contribution is 2.22. The normalized spacial score (nSPS) is 18.0. The lowest BCUT2D eigenvalue weighted by atomic mass is 10.2. The number of hydrogen-bond donors (Lipinski definition) is 0. The van der Waals surface area contributed by atoms with Crippen molar-refractivity contribution < 1.29 is 18.3 Å².